The third kappa shape index (κ3) is 5.68. The van der Waals surface area contributed by atoms with Crippen LogP contribution in [0.1, 0.15) is 72.8 Å². The lowest BCUT2D eigenvalue weighted by Gasteiger charge is -2.41. The van der Waals surface area contributed by atoms with Crippen LogP contribution in [-0.4, -0.2) is 36.3 Å². The molecule has 42 heavy (non-hydrogen) atoms. The number of hydrogen-bond donors (Lipinski definition) is 0. The molecular weight excluding hydrogens is 637 g/mol. The molecule has 2 heterocycles. The molecule has 3 atom stereocenters. The molecule has 3 unspecified atom stereocenters. The van der Waals surface area contributed by atoms with E-state index in [0.29, 0.717) is 39.2 Å². The molecule has 1 fully saturated rings. The van der Waals surface area contributed by atoms with E-state index in [2.05, 4.69) is 60.8 Å². The summed E-state index contributed by atoms with van der Waals surface area (Å²) in [6.45, 7) is 11.2. The third-order valence-corrected chi connectivity index (χ3v) is 13.9. The van der Waals surface area contributed by atoms with Crippen molar-refractivity contribution in [2.24, 2.45) is 0 Å². The molecule has 2 aliphatic rings. The van der Waals surface area contributed by atoms with Crippen molar-refractivity contribution in [3.05, 3.63) is 98.0 Å². The first kappa shape index (κ1) is 30.8. The van der Waals surface area contributed by atoms with Gasteiger partial charge in [-0.1, -0.05) is 60.4 Å². The number of amides is 1. The number of benzene rings is 2. The van der Waals surface area contributed by atoms with Crippen LogP contribution in [0.3, 0.4) is 0 Å². The van der Waals surface area contributed by atoms with E-state index in [9.17, 15) is 10.1 Å². The molecule has 2 aromatic carbocycles. The highest BCUT2D eigenvalue weighted by atomic mass is 79.9. The summed E-state index contributed by atoms with van der Waals surface area (Å²) in [5, 5.41) is 9.82. The van der Waals surface area contributed by atoms with Gasteiger partial charge in [0.2, 0.25) is 5.72 Å². The van der Waals surface area contributed by atoms with Crippen molar-refractivity contribution in [1.29, 1.82) is 5.26 Å². The van der Waals surface area contributed by atoms with Crippen molar-refractivity contribution in [1.82, 2.24) is 9.88 Å². The topological polar surface area (TPSA) is 75.5 Å². The van der Waals surface area contributed by atoms with E-state index >= 15 is 4.39 Å². The minimum Gasteiger partial charge on any atom is -0.414 e. The summed E-state index contributed by atoms with van der Waals surface area (Å²) in [4.78, 5) is 20.1. The molecule has 0 radical (unpaired) electrons. The van der Waals surface area contributed by atoms with E-state index in [0.717, 1.165) is 6.42 Å². The van der Waals surface area contributed by atoms with Gasteiger partial charge in [-0.15, -0.1) is 0 Å². The Morgan fingerprint density at radius 3 is 2.48 bits per heavy atom. The van der Waals surface area contributed by atoms with E-state index in [1.54, 1.807) is 47.4 Å². The van der Waals surface area contributed by atoms with Gasteiger partial charge in [0.15, 0.2) is 8.32 Å². The quantitative estimate of drug-likeness (QED) is 0.236. The van der Waals surface area contributed by atoms with Crippen molar-refractivity contribution >= 4 is 41.8 Å². The number of ether oxygens (including phenoxy) is 1. The summed E-state index contributed by atoms with van der Waals surface area (Å²) in [6, 6.07) is 15.4. The van der Waals surface area contributed by atoms with Gasteiger partial charge >= 0.3 is 0 Å². The Hall–Kier alpha value is -2.61. The van der Waals surface area contributed by atoms with Gasteiger partial charge in [-0.25, -0.2) is 4.39 Å². The van der Waals surface area contributed by atoms with Gasteiger partial charge in [-0.05, 0) is 73.8 Å². The lowest BCUT2D eigenvalue weighted by molar-refractivity contribution is -0.148. The van der Waals surface area contributed by atoms with Crippen LogP contribution in [-0.2, 0) is 21.4 Å². The Labute approximate surface area is 261 Å². The third-order valence-electron chi connectivity index (χ3n) is 8.70. The fourth-order valence-electron chi connectivity index (χ4n) is 5.56. The normalized spacial score (nSPS) is 22.4. The van der Waals surface area contributed by atoms with E-state index in [1.165, 1.54) is 12.3 Å². The minimum atomic E-state index is -2.02. The van der Waals surface area contributed by atoms with Crippen molar-refractivity contribution in [3.8, 4) is 6.07 Å². The van der Waals surface area contributed by atoms with Gasteiger partial charge in [0.05, 0.1) is 35.0 Å². The second kappa shape index (κ2) is 11.5. The summed E-state index contributed by atoms with van der Waals surface area (Å²) in [5.74, 6) is -0.927. The number of halogens is 3. The van der Waals surface area contributed by atoms with Crippen LogP contribution in [0.25, 0.3) is 0 Å². The van der Waals surface area contributed by atoms with E-state index in [1.807, 2.05) is 0 Å². The van der Waals surface area contributed by atoms with Gasteiger partial charge in [-0.2, -0.15) is 5.26 Å². The maximum atomic E-state index is 16.1. The maximum absolute atomic E-state index is 16.1. The molecule has 1 aliphatic heterocycles. The lowest BCUT2D eigenvalue weighted by atomic mass is 9.92. The molecule has 6 nitrogen and oxygen atoms in total. The van der Waals surface area contributed by atoms with E-state index < -0.39 is 19.9 Å². The second-order valence-corrected chi connectivity index (χ2v) is 18.7. The number of hydrogen-bond acceptors (Lipinski definition) is 5. The van der Waals surface area contributed by atoms with Crippen LogP contribution in [0.2, 0.25) is 23.2 Å². The molecule has 1 saturated carbocycles. The summed E-state index contributed by atoms with van der Waals surface area (Å²) in [6.07, 6.45) is 3.33. The zero-order valence-corrected chi connectivity index (χ0v) is 27.7. The van der Waals surface area contributed by atoms with E-state index in [-0.39, 0.29) is 40.8 Å². The van der Waals surface area contributed by atoms with Crippen LogP contribution < -0.4 is 0 Å². The van der Waals surface area contributed by atoms with Gasteiger partial charge in [0.1, 0.15) is 11.9 Å². The number of aromatic nitrogens is 1. The molecule has 10 heteroatoms. The van der Waals surface area contributed by atoms with Crippen molar-refractivity contribution in [2.75, 3.05) is 0 Å². The van der Waals surface area contributed by atoms with Gasteiger partial charge in [0, 0.05) is 27.4 Å². The number of carbonyl (C=O) groups excluding carboxylic acids is 1. The SMILES string of the molecule is CC(C)(C)[Si](C)(C)OC1CCC(OC2(c3ccc(Cl)cc3)c3c(F)cc(Br)cc3C(=O)N2Cc2ccc(C#N)cn2)C1. The van der Waals surface area contributed by atoms with Gasteiger partial charge in [0.25, 0.3) is 5.91 Å². The Kier molecular flexibility index (Phi) is 8.42. The number of nitrogens with zero attached hydrogens (tertiary/aromatic N) is 3. The molecule has 220 valence electrons. The number of nitriles is 1. The Bertz CT molecular complexity index is 1540. The number of pyridine rings is 1. The standard InChI is InChI=1S/C32H34BrClFN3O3Si/c1-31(2,3)42(4,5)41-26-13-12-25(16-26)40-32(21-7-9-23(34)10-8-21)29-27(14-22(33)15-28(29)35)30(39)38(32)19-24-11-6-20(17-36)18-37-24/h6-11,14-15,18,25-26H,12-13,16,19H2,1-5H3. The van der Waals surface area contributed by atoms with Crippen LogP contribution >= 0.6 is 27.5 Å². The average molecular weight is 671 g/mol. The summed E-state index contributed by atoms with van der Waals surface area (Å²) in [5.41, 5.74) is 0.347. The summed E-state index contributed by atoms with van der Waals surface area (Å²) >= 11 is 9.64. The molecule has 5 rings (SSSR count). The molecule has 0 spiro atoms. The molecule has 0 bridgehead atoms. The number of fused-ring (bicyclic) bond motifs is 1. The first-order chi connectivity index (χ1) is 19.7. The van der Waals surface area contributed by atoms with Crippen LogP contribution in [0.15, 0.2) is 59.2 Å². The highest BCUT2D eigenvalue weighted by molar-refractivity contribution is 9.10. The van der Waals surface area contributed by atoms with Crippen molar-refractivity contribution < 1.29 is 18.3 Å². The minimum absolute atomic E-state index is 0.0122. The molecular formula is C32H34BrClFN3O3Si. The fraction of sp³-hybridized carbons (Fsp3) is 0.406. The molecule has 1 amide bonds. The smallest absolute Gasteiger partial charge is 0.257 e. The second-order valence-electron chi connectivity index (χ2n) is 12.6. The Morgan fingerprint density at radius 2 is 1.86 bits per heavy atom. The highest BCUT2D eigenvalue weighted by Crippen LogP contribution is 2.50. The maximum Gasteiger partial charge on any atom is 0.257 e. The molecule has 0 N–H and O–H groups in total. The van der Waals surface area contributed by atoms with Crippen LogP contribution in [0.5, 0.6) is 0 Å². The number of carbonyl (C=O) groups is 1. The fourth-order valence-corrected chi connectivity index (χ4v) is 7.51. The number of rotatable bonds is 7. The first-order valence-electron chi connectivity index (χ1n) is 14.0. The predicted octanol–water partition coefficient (Wildman–Crippen LogP) is 8.32. The average Bonchev–Trinajstić information content (AvgIpc) is 3.44. The van der Waals surface area contributed by atoms with Crippen LogP contribution in [0.4, 0.5) is 4.39 Å². The Balaban J connectivity index is 1.60. The van der Waals surface area contributed by atoms with E-state index in [4.69, 9.17) is 20.8 Å². The lowest BCUT2D eigenvalue weighted by Crippen LogP contribution is -2.49. The molecule has 1 aromatic heterocycles. The molecule has 3 aromatic rings. The van der Waals surface area contributed by atoms with Gasteiger partial charge < -0.3 is 9.16 Å². The summed E-state index contributed by atoms with van der Waals surface area (Å²) in [7, 11) is -2.02. The van der Waals surface area contributed by atoms with Crippen LogP contribution in [0, 0.1) is 17.1 Å². The Morgan fingerprint density at radius 1 is 1.17 bits per heavy atom. The largest absolute Gasteiger partial charge is 0.414 e. The molecule has 0 saturated heterocycles. The first-order valence-corrected chi connectivity index (χ1v) is 18.1. The van der Waals surface area contributed by atoms with Crippen molar-refractivity contribution in [3.63, 3.8) is 0 Å². The molecule has 1 aliphatic carbocycles. The predicted molar refractivity (Wildman–Crippen MR) is 166 cm³/mol. The highest BCUT2D eigenvalue weighted by Gasteiger charge is 2.56. The van der Waals surface area contributed by atoms with Crippen molar-refractivity contribution in [2.45, 2.75) is 82.6 Å². The zero-order chi connectivity index (χ0) is 30.4. The van der Waals surface area contributed by atoms with Gasteiger partial charge in [-0.3, -0.25) is 14.7 Å². The summed E-state index contributed by atoms with van der Waals surface area (Å²) < 4.78 is 30.3. The monoisotopic (exact) mass is 669 g/mol. The zero-order valence-electron chi connectivity index (χ0n) is 24.4.